The number of nitrogens with one attached hydrogen (secondary N) is 1. The van der Waals surface area contributed by atoms with Crippen molar-refractivity contribution in [3.8, 4) is 0 Å². The molecule has 0 aromatic carbocycles. The van der Waals surface area contributed by atoms with Crippen LogP contribution in [0.25, 0.3) is 0 Å². The van der Waals surface area contributed by atoms with E-state index >= 15 is 0 Å². The first-order chi connectivity index (χ1) is 9.26. The first kappa shape index (κ1) is 14.7. The maximum atomic E-state index is 5.42. The van der Waals surface area contributed by atoms with Gasteiger partial charge in [-0.05, 0) is 19.9 Å². The van der Waals surface area contributed by atoms with Crippen LogP contribution in [-0.4, -0.2) is 45.4 Å². The average Bonchev–Trinajstić information content (AvgIpc) is 2.83. The number of hydrogen-bond donors (Lipinski definition) is 1. The average molecular weight is 285 g/mol. The van der Waals surface area contributed by atoms with Crippen molar-refractivity contribution in [1.29, 1.82) is 0 Å². The summed E-state index contributed by atoms with van der Waals surface area (Å²) in [6.45, 7) is 3.14. The summed E-state index contributed by atoms with van der Waals surface area (Å²) >= 11 is 1.76. The number of nitrogens with zero attached hydrogens (tertiary/aromatic N) is 2. The van der Waals surface area contributed by atoms with Gasteiger partial charge in [0.1, 0.15) is 0 Å². The highest BCUT2D eigenvalue weighted by Gasteiger charge is 2.22. The molecule has 1 aliphatic rings. The van der Waals surface area contributed by atoms with Gasteiger partial charge in [-0.2, -0.15) is 0 Å². The zero-order valence-corrected chi connectivity index (χ0v) is 12.8. The van der Waals surface area contributed by atoms with Gasteiger partial charge >= 0.3 is 0 Å². The highest BCUT2D eigenvalue weighted by Crippen LogP contribution is 2.29. The first-order valence-corrected chi connectivity index (χ1v) is 7.50. The Bertz CT molecular complexity index is 368. The third kappa shape index (κ3) is 3.66. The fraction of sp³-hybridized carbons (Fsp3) is 0.769. The van der Waals surface area contributed by atoms with Crippen molar-refractivity contribution >= 4 is 16.5 Å². The third-order valence-electron chi connectivity index (χ3n) is 3.43. The van der Waals surface area contributed by atoms with E-state index in [-0.39, 0.29) is 0 Å². The fourth-order valence-corrected chi connectivity index (χ4v) is 3.41. The van der Waals surface area contributed by atoms with Crippen LogP contribution in [0, 0.1) is 0 Å². The van der Waals surface area contributed by atoms with E-state index in [0.717, 1.165) is 43.4 Å². The third-order valence-corrected chi connectivity index (χ3v) is 4.61. The van der Waals surface area contributed by atoms with Gasteiger partial charge in [0.2, 0.25) is 0 Å². The molecule has 0 saturated carbocycles. The molecule has 6 heteroatoms. The van der Waals surface area contributed by atoms with E-state index in [9.17, 15) is 0 Å². The molecule has 1 N–H and O–H groups in total. The molecule has 1 aromatic rings. The van der Waals surface area contributed by atoms with E-state index in [1.54, 1.807) is 18.4 Å². The summed E-state index contributed by atoms with van der Waals surface area (Å²) in [6.07, 6.45) is 2.16. The number of aromatic nitrogens is 1. The molecule has 0 amide bonds. The molecular weight excluding hydrogens is 262 g/mol. The zero-order chi connectivity index (χ0) is 13.7. The Balaban J connectivity index is 2.11. The summed E-state index contributed by atoms with van der Waals surface area (Å²) in [6, 6.07) is 0.540. The number of methoxy groups -OCH3 is 1. The summed E-state index contributed by atoms with van der Waals surface area (Å²) in [5.41, 5.74) is 1.05. The van der Waals surface area contributed by atoms with Crippen molar-refractivity contribution in [1.82, 2.24) is 10.3 Å². The Morgan fingerprint density at radius 2 is 2.21 bits per heavy atom. The molecule has 2 rings (SSSR count). The molecule has 0 bridgehead atoms. The van der Waals surface area contributed by atoms with E-state index in [1.807, 2.05) is 7.05 Å². The van der Waals surface area contributed by atoms with Crippen LogP contribution in [0.5, 0.6) is 0 Å². The molecular formula is C13H23N3O2S. The van der Waals surface area contributed by atoms with Gasteiger partial charge in [-0.1, -0.05) is 0 Å². The quantitative estimate of drug-likeness (QED) is 0.860. The molecule has 19 heavy (non-hydrogen) atoms. The van der Waals surface area contributed by atoms with Crippen molar-refractivity contribution < 1.29 is 9.47 Å². The molecule has 1 saturated heterocycles. The van der Waals surface area contributed by atoms with Gasteiger partial charge in [-0.15, -0.1) is 11.3 Å². The molecule has 1 fully saturated rings. The lowest BCUT2D eigenvalue weighted by Gasteiger charge is -2.30. The predicted octanol–water partition coefficient (Wildman–Crippen LogP) is 1.62. The van der Waals surface area contributed by atoms with Gasteiger partial charge < -0.3 is 19.7 Å². The highest BCUT2D eigenvalue weighted by molar-refractivity contribution is 7.15. The summed E-state index contributed by atoms with van der Waals surface area (Å²) in [5.74, 6) is 0. The number of anilines is 1. The summed E-state index contributed by atoms with van der Waals surface area (Å²) in [4.78, 5) is 8.29. The minimum absolute atomic E-state index is 0.540. The molecule has 2 heterocycles. The SMILES string of the molecule is CNCc1sc(N(C)C2CCOCC2)nc1COC. The summed E-state index contributed by atoms with van der Waals surface area (Å²) in [7, 11) is 5.80. The van der Waals surface area contributed by atoms with Gasteiger partial charge in [0.15, 0.2) is 5.13 Å². The van der Waals surface area contributed by atoms with Crippen LogP contribution >= 0.6 is 11.3 Å². The van der Waals surface area contributed by atoms with Crippen LogP contribution in [0.2, 0.25) is 0 Å². The normalized spacial score (nSPS) is 16.8. The molecule has 0 aliphatic carbocycles. The lowest BCUT2D eigenvalue weighted by molar-refractivity contribution is 0.0854. The van der Waals surface area contributed by atoms with Gasteiger partial charge in [0.25, 0.3) is 0 Å². The van der Waals surface area contributed by atoms with Crippen molar-refractivity contribution in [2.24, 2.45) is 0 Å². The van der Waals surface area contributed by atoms with Crippen LogP contribution in [0.15, 0.2) is 0 Å². The van der Waals surface area contributed by atoms with Crippen LogP contribution < -0.4 is 10.2 Å². The molecule has 1 aromatic heterocycles. The Kier molecular flexibility index (Phi) is 5.57. The zero-order valence-electron chi connectivity index (χ0n) is 11.9. The van der Waals surface area contributed by atoms with Gasteiger partial charge in [-0.25, -0.2) is 4.98 Å². The molecule has 0 atom stereocenters. The topological polar surface area (TPSA) is 46.6 Å². The molecule has 1 aliphatic heterocycles. The Labute approximate surface area is 118 Å². The Morgan fingerprint density at radius 1 is 1.47 bits per heavy atom. The lowest BCUT2D eigenvalue weighted by atomic mass is 10.1. The lowest BCUT2D eigenvalue weighted by Crippen LogP contribution is -2.36. The highest BCUT2D eigenvalue weighted by atomic mass is 32.1. The molecule has 0 radical (unpaired) electrons. The fourth-order valence-electron chi connectivity index (χ4n) is 2.30. The molecule has 0 spiro atoms. The van der Waals surface area contributed by atoms with Crippen molar-refractivity contribution in [3.05, 3.63) is 10.6 Å². The van der Waals surface area contributed by atoms with E-state index in [1.165, 1.54) is 4.88 Å². The minimum Gasteiger partial charge on any atom is -0.381 e. The minimum atomic E-state index is 0.540. The number of thiazole rings is 1. The summed E-state index contributed by atoms with van der Waals surface area (Å²) in [5, 5.41) is 4.28. The van der Waals surface area contributed by atoms with Crippen LogP contribution in [-0.2, 0) is 22.6 Å². The molecule has 108 valence electrons. The maximum Gasteiger partial charge on any atom is 0.185 e. The second-order valence-corrected chi connectivity index (χ2v) is 5.85. The van der Waals surface area contributed by atoms with Gasteiger partial charge in [0, 0.05) is 44.8 Å². The van der Waals surface area contributed by atoms with E-state index < -0.39 is 0 Å². The summed E-state index contributed by atoms with van der Waals surface area (Å²) < 4.78 is 10.6. The second kappa shape index (κ2) is 7.19. The number of rotatable bonds is 6. The standard InChI is InChI=1S/C13H23N3O2S/c1-14-8-12-11(9-17-3)15-13(19-12)16(2)10-4-6-18-7-5-10/h10,14H,4-9H2,1-3H3. The van der Waals surface area contributed by atoms with E-state index in [4.69, 9.17) is 14.5 Å². The van der Waals surface area contributed by atoms with Gasteiger partial charge in [0.05, 0.1) is 12.3 Å². The van der Waals surface area contributed by atoms with Crippen LogP contribution in [0.3, 0.4) is 0 Å². The van der Waals surface area contributed by atoms with Crippen LogP contribution in [0.1, 0.15) is 23.4 Å². The van der Waals surface area contributed by atoms with Crippen LogP contribution in [0.4, 0.5) is 5.13 Å². The smallest absolute Gasteiger partial charge is 0.185 e. The monoisotopic (exact) mass is 285 g/mol. The largest absolute Gasteiger partial charge is 0.381 e. The molecule has 0 unspecified atom stereocenters. The van der Waals surface area contributed by atoms with Crippen molar-refractivity contribution in [2.75, 3.05) is 39.3 Å². The predicted molar refractivity (Wildman–Crippen MR) is 77.8 cm³/mol. The number of hydrogen-bond acceptors (Lipinski definition) is 6. The Morgan fingerprint density at radius 3 is 2.84 bits per heavy atom. The van der Waals surface area contributed by atoms with Crippen molar-refractivity contribution in [2.45, 2.75) is 32.0 Å². The molecule has 5 nitrogen and oxygen atoms in total. The Hall–Kier alpha value is -0.690. The van der Waals surface area contributed by atoms with Crippen molar-refractivity contribution in [3.63, 3.8) is 0 Å². The van der Waals surface area contributed by atoms with Gasteiger partial charge in [-0.3, -0.25) is 0 Å². The van der Waals surface area contributed by atoms with E-state index in [2.05, 4.69) is 17.3 Å². The van der Waals surface area contributed by atoms with E-state index in [0.29, 0.717) is 12.6 Å². The second-order valence-electron chi connectivity index (χ2n) is 4.78. The number of ether oxygens (including phenoxy) is 2. The first-order valence-electron chi connectivity index (χ1n) is 6.69. The maximum absolute atomic E-state index is 5.42.